The van der Waals surface area contributed by atoms with Crippen LogP contribution in [0.2, 0.25) is 0 Å². The van der Waals surface area contributed by atoms with Crippen LogP contribution in [0.15, 0.2) is 28.7 Å². The topological polar surface area (TPSA) is 72.6 Å². The highest BCUT2D eigenvalue weighted by atomic mass is 16.6. The Hall–Kier alpha value is -2.30. The Morgan fingerprint density at radius 3 is 2.78 bits per heavy atom. The van der Waals surface area contributed by atoms with Crippen molar-refractivity contribution in [2.24, 2.45) is 0 Å². The SMILES string of the molecule is CCOc1oc(-c2ccccc2C)nc1C(=O)O. The summed E-state index contributed by atoms with van der Waals surface area (Å²) >= 11 is 0. The summed E-state index contributed by atoms with van der Waals surface area (Å²) in [6.07, 6.45) is 0. The molecule has 0 atom stereocenters. The number of ether oxygens (including phenoxy) is 1. The van der Waals surface area contributed by atoms with Crippen LogP contribution in [0.4, 0.5) is 0 Å². The number of aromatic carboxylic acids is 1. The van der Waals surface area contributed by atoms with Crippen LogP contribution in [-0.4, -0.2) is 22.7 Å². The molecule has 94 valence electrons. The summed E-state index contributed by atoms with van der Waals surface area (Å²) in [7, 11) is 0. The lowest BCUT2D eigenvalue weighted by Crippen LogP contribution is -2.01. The van der Waals surface area contributed by atoms with Gasteiger partial charge in [0.25, 0.3) is 0 Å². The van der Waals surface area contributed by atoms with E-state index in [4.69, 9.17) is 14.3 Å². The molecule has 18 heavy (non-hydrogen) atoms. The van der Waals surface area contributed by atoms with E-state index >= 15 is 0 Å². The van der Waals surface area contributed by atoms with E-state index in [2.05, 4.69) is 4.98 Å². The first kappa shape index (κ1) is 12.2. The van der Waals surface area contributed by atoms with Crippen molar-refractivity contribution in [1.29, 1.82) is 0 Å². The first-order valence-electron chi connectivity index (χ1n) is 5.56. The Labute approximate surface area is 104 Å². The molecule has 0 bridgehead atoms. The number of benzene rings is 1. The predicted octanol–water partition coefficient (Wildman–Crippen LogP) is 2.75. The normalized spacial score (nSPS) is 10.3. The summed E-state index contributed by atoms with van der Waals surface area (Å²) < 4.78 is 10.5. The van der Waals surface area contributed by atoms with Crippen molar-refractivity contribution in [3.63, 3.8) is 0 Å². The molecule has 2 rings (SSSR count). The third kappa shape index (κ3) is 2.20. The molecule has 0 unspecified atom stereocenters. The van der Waals surface area contributed by atoms with Crippen LogP contribution in [0.25, 0.3) is 11.5 Å². The van der Waals surface area contributed by atoms with Gasteiger partial charge in [-0.3, -0.25) is 0 Å². The first-order valence-corrected chi connectivity index (χ1v) is 5.56. The van der Waals surface area contributed by atoms with E-state index in [1.807, 2.05) is 31.2 Å². The maximum absolute atomic E-state index is 11.0. The molecule has 0 aliphatic carbocycles. The summed E-state index contributed by atoms with van der Waals surface area (Å²) in [4.78, 5) is 15.0. The van der Waals surface area contributed by atoms with E-state index in [9.17, 15) is 4.79 Å². The Bertz CT molecular complexity index is 574. The van der Waals surface area contributed by atoms with Gasteiger partial charge in [0, 0.05) is 5.56 Å². The van der Waals surface area contributed by atoms with Crippen LogP contribution >= 0.6 is 0 Å². The third-order valence-electron chi connectivity index (χ3n) is 2.45. The smallest absolute Gasteiger partial charge is 0.362 e. The van der Waals surface area contributed by atoms with Crippen LogP contribution < -0.4 is 4.74 Å². The fourth-order valence-corrected chi connectivity index (χ4v) is 1.60. The average molecular weight is 247 g/mol. The van der Waals surface area contributed by atoms with Crippen LogP contribution in [0.3, 0.4) is 0 Å². The predicted molar refractivity (Wildman–Crippen MR) is 64.8 cm³/mol. The molecule has 0 aliphatic rings. The van der Waals surface area contributed by atoms with Crippen LogP contribution in [0.1, 0.15) is 23.0 Å². The minimum Gasteiger partial charge on any atom is -0.476 e. The van der Waals surface area contributed by atoms with Gasteiger partial charge in [0.15, 0.2) is 0 Å². The quantitative estimate of drug-likeness (QED) is 0.899. The second-order valence-electron chi connectivity index (χ2n) is 3.71. The van der Waals surface area contributed by atoms with Gasteiger partial charge < -0.3 is 14.3 Å². The highest BCUT2D eigenvalue weighted by Crippen LogP contribution is 2.29. The Kier molecular flexibility index (Phi) is 3.32. The Morgan fingerprint density at radius 2 is 2.17 bits per heavy atom. The number of hydrogen-bond donors (Lipinski definition) is 1. The molecule has 1 heterocycles. The second kappa shape index (κ2) is 4.91. The number of carboxylic acids is 1. The molecule has 1 N–H and O–H groups in total. The number of aromatic nitrogens is 1. The van der Waals surface area contributed by atoms with Crippen LogP contribution in [-0.2, 0) is 0 Å². The summed E-state index contributed by atoms with van der Waals surface area (Å²) in [5.74, 6) is -0.959. The minimum absolute atomic E-state index is 0.0525. The molecule has 5 heteroatoms. The van der Waals surface area contributed by atoms with Gasteiger partial charge in [-0.05, 0) is 25.5 Å². The number of aryl methyl sites for hydroxylation is 1. The van der Waals surface area contributed by atoms with Crippen molar-refractivity contribution in [1.82, 2.24) is 4.98 Å². The maximum atomic E-state index is 11.0. The molecule has 1 aromatic heterocycles. The molecule has 0 radical (unpaired) electrons. The molecule has 0 saturated heterocycles. The Balaban J connectivity index is 2.50. The van der Waals surface area contributed by atoms with E-state index in [1.54, 1.807) is 6.92 Å². The number of carbonyl (C=O) groups is 1. The monoisotopic (exact) mass is 247 g/mol. The van der Waals surface area contributed by atoms with Gasteiger partial charge in [-0.1, -0.05) is 18.2 Å². The second-order valence-corrected chi connectivity index (χ2v) is 3.71. The van der Waals surface area contributed by atoms with Crippen LogP contribution in [0.5, 0.6) is 5.95 Å². The zero-order valence-corrected chi connectivity index (χ0v) is 10.1. The fourth-order valence-electron chi connectivity index (χ4n) is 1.60. The van der Waals surface area contributed by atoms with Crippen molar-refractivity contribution in [3.8, 4) is 17.4 Å². The van der Waals surface area contributed by atoms with Crippen molar-refractivity contribution in [2.75, 3.05) is 6.61 Å². The number of oxazole rings is 1. The Morgan fingerprint density at radius 1 is 1.44 bits per heavy atom. The first-order chi connectivity index (χ1) is 8.63. The number of nitrogens with zero attached hydrogens (tertiary/aromatic N) is 1. The lowest BCUT2D eigenvalue weighted by molar-refractivity contribution is 0.0683. The van der Waals surface area contributed by atoms with Gasteiger partial charge in [-0.25, -0.2) is 4.79 Å². The van der Waals surface area contributed by atoms with Gasteiger partial charge in [-0.2, -0.15) is 4.98 Å². The average Bonchev–Trinajstić information content (AvgIpc) is 2.74. The molecular weight excluding hydrogens is 234 g/mol. The van der Waals surface area contributed by atoms with Crippen LogP contribution in [0, 0.1) is 6.92 Å². The van der Waals surface area contributed by atoms with Gasteiger partial charge in [-0.15, -0.1) is 0 Å². The summed E-state index contributed by atoms with van der Waals surface area (Å²) in [5.41, 5.74) is 1.51. The highest BCUT2D eigenvalue weighted by molar-refractivity contribution is 5.88. The molecule has 0 aliphatic heterocycles. The molecule has 2 aromatic rings. The van der Waals surface area contributed by atoms with Crippen molar-refractivity contribution >= 4 is 5.97 Å². The van der Waals surface area contributed by atoms with Crippen molar-refractivity contribution < 1.29 is 19.1 Å². The lowest BCUT2D eigenvalue weighted by Gasteiger charge is -1.99. The summed E-state index contributed by atoms with van der Waals surface area (Å²) in [6.45, 7) is 3.98. The number of carboxylic acid groups (broad SMARTS) is 1. The van der Waals surface area contributed by atoms with Crippen molar-refractivity contribution in [2.45, 2.75) is 13.8 Å². The van der Waals surface area contributed by atoms with E-state index in [0.717, 1.165) is 11.1 Å². The highest BCUT2D eigenvalue weighted by Gasteiger charge is 2.22. The molecule has 0 saturated carbocycles. The third-order valence-corrected chi connectivity index (χ3v) is 2.45. The maximum Gasteiger partial charge on any atom is 0.362 e. The summed E-state index contributed by atoms with van der Waals surface area (Å²) in [6, 6.07) is 7.46. The van der Waals surface area contributed by atoms with Gasteiger partial charge in [0.1, 0.15) is 0 Å². The molecule has 0 amide bonds. The molecule has 0 spiro atoms. The van der Waals surface area contributed by atoms with Gasteiger partial charge in [0.05, 0.1) is 6.61 Å². The van der Waals surface area contributed by atoms with E-state index in [0.29, 0.717) is 6.61 Å². The standard InChI is InChI=1S/C13H13NO4/c1-3-17-13-10(12(15)16)14-11(18-13)9-7-5-4-6-8(9)2/h4-7H,3H2,1-2H3,(H,15,16). The van der Waals surface area contributed by atoms with E-state index in [-0.39, 0.29) is 17.5 Å². The van der Waals surface area contributed by atoms with Crippen molar-refractivity contribution in [3.05, 3.63) is 35.5 Å². The minimum atomic E-state index is -1.16. The molecule has 0 fully saturated rings. The zero-order chi connectivity index (χ0) is 13.1. The zero-order valence-electron chi connectivity index (χ0n) is 10.1. The molecule has 5 nitrogen and oxygen atoms in total. The summed E-state index contributed by atoms with van der Waals surface area (Å²) in [5, 5.41) is 9.02. The number of hydrogen-bond acceptors (Lipinski definition) is 4. The largest absolute Gasteiger partial charge is 0.476 e. The van der Waals surface area contributed by atoms with E-state index in [1.165, 1.54) is 0 Å². The van der Waals surface area contributed by atoms with Gasteiger partial charge >= 0.3 is 11.9 Å². The molecular formula is C13H13NO4. The fraction of sp³-hybridized carbons (Fsp3) is 0.231. The van der Waals surface area contributed by atoms with Gasteiger partial charge in [0.2, 0.25) is 11.6 Å². The van der Waals surface area contributed by atoms with E-state index < -0.39 is 5.97 Å². The lowest BCUT2D eigenvalue weighted by atomic mass is 10.1. The number of rotatable bonds is 4. The molecule has 1 aromatic carbocycles.